The monoisotopic (exact) mass is 590 g/mol. The molecule has 2 saturated heterocycles. The zero-order valence-electron chi connectivity index (χ0n) is 23.4. The maximum Gasteiger partial charge on any atom is 0.307 e. The van der Waals surface area contributed by atoms with E-state index >= 15 is 4.39 Å². The molecule has 0 radical (unpaired) electrons. The summed E-state index contributed by atoms with van der Waals surface area (Å²) in [6.07, 6.45) is 1.06. The highest BCUT2D eigenvalue weighted by atomic mass is 32.2. The van der Waals surface area contributed by atoms with Crippen LogP contribution in [0.2, 0.25) is 0 Å². The first-order valence-electron chi connectivity index (χ1n) is 14.1. The van der Waals surface area contributed by atoms with Crippen LogP contribution in [-0.4, -0.2) is 75.1 Å². The number of hydrogen-bond donors (Lipinski definition) is 4. The number of carbonyl (C=O) groups is 2. The van der Waals surface area contributed by atoms with Crippen LogP contribution in [0.4, 0.5) is 15.8 Å². The number of benzene rings is 2. The van der Waals surface area contributed by atoms with Gasteiger partial charge < -0.3 is 25.8 Å². The molecule has 3 atom stereocenters. The van der Waals surface area contributed by atoms with Gasteiger partial charge in [0.05, 0.1) is 42.2 Å². The number of aliphatic hydroxyl groups is 1. The molecule has 12 heteroatoms. The second-order valence-electron chi connectivity index (χ2n) is 10.9. The van der Waals surface area contributed by atoms with Crippen LogP contribution in [0.5, 0.6) is 0 Å². The molecule has 0 saturated carbocycles. The van der Waals surface area contributed by atoms with Gasteiger partial charge in [-0.3, -0.25) is 13.9 Å². The SMILES string of the molecule is CC(C)Nc1cc(C(=O)N[C@@H](Cc2ccccc2)[C@H](O)CNC2CCOC(=O)C2)c(F)c(N2CCCCS2(=O)=O)c1. The second-order valence-corrected chi connectivity index (χ2v) is 12.9. The fourth-order valence-corrected chi connectivity index (χ4v) is 6.74. The normalized spacial score (nSPS) is 20.3. The molecule has 2 aromatic carbocycles. The summed E-state index contributed by atoms with van der Waals surface area (Å²) in [5, 5.41) is 20.3. The maximum atomic E-state index is 16.0. The number of aliphatic hydroxyl groups excluding tert-OH is 1. The van der Waals surface area contributed by atoms with Crippen LogP contribution >= 0.6 is 0 Å². The summed E-state index contributed by atoms with van der Waals surface area (Å²) < 4.78 is 47.6. The van der Waals surface area contributed by atoms with Crippen molar-refractivity contribution in [3.8, 4) is 0 Å². The summed E-state index contributed by atoms with van der Waals surface area (Å²) in [7, 11) is -3.73. The molecule has 0 spiro atoms. The first-order chi connectivity index (χ1) is 19.5. The van der Waals surface area contributed by atoms with Crippen molar-refractivity contribution in [3.05, 3.63) is 59.4 Å². The van der Waals surface area contributed by atoms with Gasteiger partial charge in [0.2, 0.25) is 10.0 Å². The molecule has 0 aliphatic carbocycles. The Hall–Kier alpha value is -3.22. The summed E-state index contributed by atoms with van der Waals surface area (Å²) in [4.78, 5) is 25.3. The van der Waals surface area contributed by atoms with E-state index in [1.54, 1.807) is 0 Å². The molecule has 224 valence electrons. The molecule has 1 unspecified atom stereocenters. The van der Waals surface area contributed by atoms with Crippen LogP contribution in [0.15, 0.2) is 42.5 Å². The molecular formula is C29H39FN4O6S. The smallest absolute Gasteiger partial charge is 0.307 e. The van der Waals surface area contributed by atoms with Crippen LogP contribution in [0, 0.1) is 5.82 Å². The Morgan fingerprint density at radius 1 is 1.20 bits per heavy atom. The first kappa shape index (κ1) is 30.7. The van der Waals surface area contributed by atoms with Crippen molar-refractivity contribution in [1.82, 2.24) is 10.6 Å². The Labute approximate surface area is 240 Å². The highest BCUT2D eigenvalue weighted by molar-refractivity contribution is 7.92. The fraction of sp³-hybridized carbons (Fsp3) is 0.517. The fourth-order valence-electron chi connectivity index (χ4n) is 5.11. The van der Waals surface area contributed by atoms with E-state index in [9.17, 15) is 23.1 Å². The van der Waals surface area contributed by atoms with E-state index in [1.807, 2.05) is 44.2 Å². The predicted octanol–water partition coefficient (Wildman–Crippen LogP) is 2.57. The summed E-state index contributed by atoms with van der Waals surface area (Å²) in [5.41, 5.74) is 0.772. The third kappa shape index (κ3) is 8.17. The van der Waals surface area contributed by atoms with E-state index in [2.05, 4.69) is 16.0 Å². The van der Waals surface area contributed by atoms with E-state index in [-0.39, 0.29) is 61.0 Å². The van der Waals surface area contributed by atoms with Gasteiger partial charge in [0, 0.05) is 30.9 Å². The van der Waals surface area contributed by atoms with Crippen LogP contribution in [-0.2, 0) is 26.0 Å². The number of amides is 1. The van der Waals surface area contributed by atoms with Gasteiger partial charge in [0.1, 0.15) is 0 Å². The lowest BCUT2D eigenvalue weighted by Crippen LogP contribution is -2.51. The number of rotatable bonds is 11. The lowest BCUT2D eigenvalue weighted by Gasteiger charge is -2.30. The molecular weight excluding hydrogens is 551 g/mol. The molecule has 2 aromatic rings. The van der Waals surface area contributed by atoms with Crippen LogP contribution in [0.25, 0.3) is 0 Å². The van der Waals surface area contributed by atoms with Gasteiger partial charge in [-0.05, 0) is 57.2 Å². The van der Waals surface area contributed by atoms with Gasteiger partial charge in [-0.25, -0.2) is 12.8 Å². The second kappa shape index (κ2) is 13.6. The van der Waals surface area contributed by atoms with Crippen LogP contribution < -0.4 is 20.3 Å². The van der Waals surface area contributed by atoms with Gasteiger partial charge in [-0.1, -0.05) is 30.3 Å². The van der Waals surface area contributed by atoms with Crippen molar-refractivity contribution in [3.63, 3.8) is 0 Å². The number of esters is 1. The Balaban J connectivity index is 1.61. The molecule has 0 aromatic heterocycles. The Kier molecular flexibility index (Phi) is 10.2. The lowest BCUT2D eigenvalue weighted by molar-refractivity contribution is -0.147. The number of anilines is 2. The molecule has 1 amide bonds. The van der Waals surface area contributed by atoms with Gasteiger partial charge in [-0.15, -0.1) is 0 Å². The van der Waals surface area contributed by atoms with Crippen molar-refractivity contribution in [2.75, 3.05) is 35.1 Å². The number of ether oxygens (including phenoxy) is 1. The van der Waals surface area contributed by atoms with E-state index in [0.29, 0.717) is 31.6 Å². The van der Waals surface area contributed by atoms with Gasteiger partial charge in [-0.2, -0.15) is 0 Å². The highest BCUT2D eigenvalue weighted by Gasteiger charge is 2.32. The topological polar surface area (TPSA) is 137 Å². The quantitative estimate of drug-likeness (QED) is 0.293. The summed E-state index contributed by atoms with van der Waals surface area (Å²) in [6.45, 7) is 4.27. The number of halogens is 1. The average Bonchev–Trinajstić information content (AvgIpc) is 2.92. The predicted molar refractivity (Wildman–Crippen MR) is 155 cm³/mol. The van der Waals surface area contributed by atoms with E-state index in [0.717, 1.165) is 9.87 Å². The number of hydrogen-bond acceptors (Lipinski definition) is 8. The van der Waals surface area contributed by atoms with Crippen LogP contribution in [0.1, 0.15) is 55.5 Å². The minimum absolute atomic E-state index is 0.0574. The Morgan fingerprint density at radius 3 is 2.63 bits per heavy atom. The minimum atomic E-state index is -3.73. The molecule has 2 heterocycles. The molecule has 4 N–H and O–H groups in total. The molecule has 41 heavy (non-hydrogen) atoms. The summed E-state index contributed by atoms with van der Waals surface area (Å²) in [5.74, 6) is -2.11. The third-order valence-electron chi connectivity index (χ3n) is 7.21. The molecule has 0 bridgehead atoms. The Bertz CT molecular complexity index is 1320. The number of nitrogens with zero attached hydrogens (tertiary/aromatic N) is 1. The van der Waals surface area contributed by atoms with E-state index in [1.165, 1.54) is 12.1 Å². The summed E-state index contributed by atoms with van der Waals surface area (Å²) in [6, 6.07) is 11.0. The number of cyclic esters (lactones) is 1. The number of carbonyl (C=O) groups excluding carboxylic acids is 2. The van der Waals surface area contributed by atoms with Gasteiger partial charge in [0.15, 0.2) is 5.82 Å². The molecule has 4 rings (SSSR count). The van der Waals surface area contributed by atoms with Crippen LogP contribution in [0.3, 0.4) is 0 Å². The van der Waals surface area contributed by atoms with Crippen molar-refractivity contribution in [1.29, 1.82) is 0 Å². The molecule has 10 nitrogen and oxygen atoms in total. The van der Waals surface area contributed by atoms with Gasteiger partial charge in [0.25, 0.3) is 5.91 Å². The molecule has 2 aliphatic rings. The van der Waals surface area contributed by atoms with E-state index < -0.39 is 33.9 Å². The molecule has 2 aliphatic heterocycles. The largest absolute Gasteiger partial charge is 0.466 e. The standard InChI is InChI=1S/C29H39FN4O6S/c1-19(2)32-22-15-23(28(30)25(16-22)34-11-6-7-13-41(34,38)39)29(37)33-24(14-20-8-4-3-5-9-20)26(35)18-31-21-10-12-40-27(36)17-21/h3-5,8-9,15-16,19,21,24,26,31-32,35H,6-7,10-14,17-18H2,1-2H3,(H,33,37)/t21?,24-,26+/m0/s1. The zero-order valence-corrected chi connectivity index (χ0v) is 24.3. The molecule has 2 fully saturated rings. The van der Waals surface area contributed by atoms with Crippen molar-refractivity contribution in [2.45, 2.75) is 70.2 Å². The lowest BCUT2D eigenvalue weighted by atomic mass is 9.99. The van der Waals surface area contributed by atoms with E-state index in [4.69, 9.17) is 4.74 Å². The first-order valence-corrected chi connectivity index (χ1v) is 15.7. The third-order valence-corrected chi connectivity index (χ3v) is 9.06. The van der Waals surface area contributed by atoms with Crippen molar-refractivity contribution >= 4 is 33.3 Å². The number of nitrogens with one attached hydrogen (secondary N) is 3. The highest BCUT2D eigenvalue weighted by Crippen LogP contribution is 2.32. The summed E-state index contributed by atoms with van der Waals surface area (Å²) >= 11 is 0. The maximum absolute atomic E-state index is 16.0. The number of sulfonamides is 1. The zero-order chi connectivity index (χ0) is 29.6. The average molecular weight is 591 g/mol. The van der Waals surface area contributed by atoms with Gasteiger partial charge >= 0.3 is 5.97 Å². The minimum Gasteiger partial charge on any atom is -0.466 e. The van der Waals surface area contributed by atoms with Crippen molar-refractivity contribution in [2.24, 2.45) is 0 Å². The van der Waals surface area contributed by atoms with Crippen molar-refractivity contribution < 1.29 is 32.2 Å². The Morgan fingerprint density at radius 2 is 1.95 bits per heavy atom.